The van der Waals surface area contributed by atoms with Crippen molar-refractivity contribution in [1.82, 2.24) is 4.90 Å². The molecule has 0 radical (unpaired) electrons. The van der Waals surface area contributed by atoms with E-state index < -0.39 is 31.5 Å². The SMILES string of the molecule is COC(=O)CCCCN1C(=O)[C@]2(O[C@H](CC(=O)N3CCC[C@H]3CO)[C@@H]([Si](C)(C)O)[C@@H]2C)c2cc(N3N=C(c4ccccc4)CCC3=O)ccc21. The molecule has 2 fully saturated rings. The van der Waals surface area contributed by atoms with Crippen LogP contribution in [-0.2, 0) is 34.3 Å². The topological polar surface area (TPSA) is 149 Å². The minimum absolute atomic E-state index is 0.0268. The molecule has 12 nitrogen and oxygen atoms in total. The van der Waals surface area contributed by atoms with Gasteiger partial charge in [-0.05, 0) is 62.5 Å². The fraction of sp³-hybridized carbons (Fsp3) is 0.541. The Labute approximate surface area is 294 Å². The largest absolute Gasteiger partial charge is 0.469 e. The number of amides is 3. The molecule has 2 aromatic rings. The summed E-state index contributed by atoms with van der Waals surface area (Å²) in [6.07, 6.45) is 2.81. The quantitative estimate of drug-likeness (QED) is 0.202. The van der Waals surface area contributed by atoms with Gasteiger partial charge in [0, 0.05) is 49.4 Å². The van der Waals surface area contributed by atoms with E-state index >= 15 is 0 Å². The van der Waals surface area contributed by atoms with Crippen LogP contribution in [0, 0.1) is 5.92 Å². The molecule has 0 aromatic heterocycles. The number of hydrogen-bond acceptors (Lipinski definition) is 9. The van der Waals surface area contributed by atoms with Crippen molar-refractivity contribution in [2.75, 3.05) is 36.7 Å². The number of anilines is 2. The molecule has 13 heteroatoms. The monoisotopic (exact) mass is 704 g/mol. The number of hydrogen-bond donors (Lipinski definition) is 2. The molecule has 50 heavy (non-hydrogen) atoms. The number of likely N-dealkylation sites (tertiary alicyclic amines) is 1. The van der Waals surface area contributed by atoms with Gasteiger partial charge in [-0.1, -0.05) is 37.3 Å². The van der Waals surface area contributed by atoms with Gasteiger partial charge in [-0.25, -0.2) is 5.01 Å². The molecular formula is C37H48N4O8Si. The van der Waals surface area contributed by atoms with E-state index in [1.807, 2.05) is 62.5 Å². The van der Waals surface area contributed by atoms with Crippen molar-refractivity contribution < 1.29 is 38.6 Å². The van der Waals surface area contributed by atoms with E-state index in [1.165, 1.54) is 12.1 Å². The highest BCUT2D eigenvalue weighted by Crippen LogP contribution is 2.60. The minimum Gasteiger partial charge on any atom is -0.469 e. The summed E-state index contributed by atoms with van der Waals surface area (Å²) in [6.45, 7) is 6.28. The van der Waals surface area contributed by atoms with Crippen molar-refractivity contribution in [3.05, 3.63) is 59.7 Å². The molecule has 0 bridgehead atoms. The number of benzene rings is 2. The summed E-state index contributed by atoms with van der Waals surface area (Å²) in [5.74, 6) is -1.46. The fourth-order valence-corrected chi connectivity index (χ4v) is 11.0. The maximum absolute atomic E-state index is 14.8. The second kappa shape index (κ2) is 14.4. The van der Waals surface area contributed by atoms with E-state index in [4.69, 9.17) is 14.6 Å². The molecule has 5 atom stereocenters. The maximum Gasteiger partial charge on any atom is 0.305 e. The summed E-state index contributed by atoms with van der Waals surface area (Å²) in [6, 6.07) is 14.9. The molecule has 4 aliphatic rings. The van der Waals surface area contributed by atoms with Gasteiger partial charge in [0.25, 0.3) is 5.91 Å². The molecule has 2 saturated heterocycles. The average Bonchev–Trinajstić information content (AvgIpc) is 3.77. The van der Waals surface area contributed by atoms with Gasteiger partial charge >= 0.3 is 5.97 Å². The highest BCUT2D eigenvalue weighted by Gasteiger charge is 2.66. The van der Waals surface area contributed by atoms with Gasteiger partial charge in [-0.2, -0.15) is 5.10 Å². The zero-order valence-corrected chi connectivity index (χ0v) is 30.3. The van der Waals surface area contributed by atoms with Gasteiger partial charge in [0.2, 0.25) is 11.8 Å². The summed E-state index contributed by atoms with van der Waals surface area (Å²) in [7, 11) is -1.71. The van der Waals surface area contributed by atoms with Gasteiger partial charge in [-0.3, -0.25) is 19.2 Å². The molecule has 4 heterocycles. The Hall–Kier alpha value is -3.91. The van der Waals surface area contributed by atoms with Crippen molar-refractivity contribution in [3.8, 4) is 0 Å². The van der Waals surface area contributed by atoms with Crippen molar-refractivity contribution in [2.24, 2.45) is 11.0 Å². The van der Waals surface area contributed by atoms with Crippen LogP contribution < -0.4 is 9.91 Å². The lowest BCUT2D eigenvalue weighted by Crippen LogP contribution is -2.46. The van der Waals surface area contributed by atoms with Crippen LogP contribution in [0.1, 0.15) is 69.4 Å². The van der Waals surface area contributed by atoms with Crippen LogP contribution in [0.3, 0.4) is 0 Å². The van der Waals surface area contributed by atoms with E-state index in [9.17, 15) is 29.1 Å². The second-order valence-electron chi connectivity index (χ2n) is 14.4. The van der Waals surface area contributed by atoms with Crippen LogP contribution in [0.4, 0.5) is 11.4 Å². The van der Waals surface area contributed by atoms with Crippen molar-refractivity contribution in [1.29, 1.82) is 0 Å². The van der Waals surface area contributed by atoms with Crippen molar-refractivity contribution >= 4 is 49.1 Å². The predicted molar refractivity (Wildman–Crippen MR) is 190 cm³/mol. The number of aliphatic hydroxyl groups is 1. The molecule has 6 rings (SSSR count). The standard InChI is InChI=1S/C37H48N4O8Si/c1-24-35(50(3,4)47)31(22-33(44)39-20-10-13-27(39)23-42)49-37(24)28-21-26(41-32(43)18-16-29(38-41)25-11-6-5-7-12-25)15-17-30(28)40(36(37)46)19-9-8-14-34(45)48-2/h5-7,11-12,15,17,21,24,27,31,35,42,47H,8-10,13-14,16,18-20,22-23H2,1-4H3/t24-,27-,31+,35-,37+/m0/s1. The van der Waals surface area contributed by atoms with Crippen LogP contribution >= 0.6 is 0 Å². The number of rotatable bonds is 11. The van der Waals surface area contributed by atoms with E-state index in [0.29, 0.717) is 49.3 Å². The average molecular weight is 705 g/mol. The Kier molecular flexibility index (Phi) is 10.3. The lowest BCUT2D eigenvalue weighted by Gasteiger charge is -2.33. The third kappa shape index (κ3) is 6.51. The fourth-order valence-electron chi connectivity index (χ4n) is 8.50. The number of hydrazone groups is 1. The van der Waals surface area contributed by atoms with Crippen LogP contribution in [0.5, 0.6) is 0 Å². The summed E-state index contributed by atoms with van der Waals surface area (Å²) in [5, 5.41) is 16.1. The molecule has 2 N–H and O–H groups in total. The first-order valence-corrected chi connectivity index (χ1v) is 20.7. The van der Waals surface area contributed by atoms with E-state index in [2.05, 4.69) is 0 Å². The minimum atomic E-state index is -3.05. The van der Waals surface area contributed by atoms with Gasteiger partial charge in [0.05, 0.1) is 49.4 Å². The smallest absolute Gasteiger partial charge is 0.305 e. The third-order valence-corrected chi connectivity index (χ3v) is 13.4. The summed E-state index contributed by atoms with van der Waals surface area (Å²) >= 11 is 0. The normalized spacial score (nSPS) is 26.5. The number of carbonyl (C=O) groups is 4. The molecule has 2 aromatic carbocycles. The molecule has 3 amide bonds. The first kappa shape index (κ1) is 35.9. The predicted octanol–water partition coefficient (Wildman–Crippen LogP) is 4.08. The molecule has 0 unspecified atom stereocenters. The number of fused-ring (bicyclic) bond motifs is 2. The number of methoxy groups -OCH3 is 1. The van der Waals surface area contributed by atoms with Crippen LogP contribution in [0.25, 0.3) is 0 Å². The highest BCUT2D eigenvalue weighted by molar-refractivity contribution is 6.71. The van der Waals surface area contributed by atoms with Crippen LogP contribution in [-0.4, -0.2) is 91.5 Å². The highest BCUT2D eigenvalue weighted by atomic mass is 28.4. The molecule has 268 valence electrons. The Morgan fingerprint density at radius 1 is 1.10 bits per heavy atom. The van der Waals surface area contributed by atoms with Gasteiger partial charge in [0.1, 0.15) is 0 Å². The Morgan fingerprint density at radius 2 is 1.86 bits per heavy atom. The van der Waals surface area contributed by atoms with Crippen molar-refractivity contribution in [2.45, 2.75) is 94.7 Å². The zero-order chi connectivity index (χ0) is 35.8. The number of ether oxygens (including phenoxy) is 2. The Bertz CT molecular complexity index is 1660. The Balaban J connectivity index is 1.40. The molecular weight excluding hydrogens is 657 g/mol. The summed E-state index contributed by atoms with van der Waals surface area (Å²) in [4.78, 5) is 68.8. The first-order chi connectivity index (χ1) is 23.9. The molecule has 0 saturated carbocycles. The van der Waals surface area contributed by atoms with Crippen molar-refractivity contribution in [3.63, 3.8) is 0 Å². The molecule has 4 aliphatic heterocycles. The van der Waals surface area contributed by atoms with Gasteiger partial charge < -0.3 is 29.2 Å². The van der Waals surface area contributed by atoms with Crippen LogP contribution in [0.15, 0.2) is 53.6 Å². The number of carbonyl (C=O) groups excluding carboxylic acids is 4. The molecule has 0 aliphatic carbocycles. The van der Waals surface area contributed by atoms with E-state index in [0.717, 1.165) is 24.1 Å². The number of unbranched alkanes of at least 4 members (excludes halogenated alkanes) is 1. The lowest BCUT2D eigenvalue weighted by molar-refractivity contribution is -0.150. The van der Waals surface area contributed by atoms with Crippen LogP contribution in [0.2, 0.25) is 18.6 Å². The summed E-state index contributed by atoms with van der Waals surface area (Å²) < 4.78 is 11.7. The lowest BCUT2D eigenvalue weighted by atomic mass is 9.82. The van der Waals surface area contributed by atoms with E-state index in [-0.39, 0.29) is 55.6 Å². The van der Waals surface area contributed by atoms with E-state index in [1.54, 1.807) is 15.9 Å². The number of esters is 1. The number of nitrogens with zero attached hydrogens (tertiary/aromatic N) is 4. The zero-order valence-electron chi connectivity index (χ0n) is 29.3. The Morgan fingerprint density at radius 3 is 2.56 bits per heavy atom. The number of aliphatic hydroxyl groups excluding tert-OH is 1. The second-order valence-corrected chi connectivity index (χ2v) is 18.4. The maximum atomic E-state index is 14.8. The van der Waals surface area contributed by atoms with Gasteiger partial charge in [-0.15, -0.1) is 0 Å². The first-order valence-electron chi connectivity index (χ1n) is 17.7. The third-order valence-electron chi connectivity index (χ3n) is 10.9. The van der Waals surface area contributed by atoms with Gasteiger partial charge in [0.15, 0.2) is 13.9 Å². The summed E-state index contributed by atoms with van der Waals surface area (Å²) in [5.41, 5.74) is 1.41. The molecule has 1 spiro atoms.